The Bertz CT molecular complexity index is 715. The van der Waals surface area contributed by atoms with Gasteiger partial charge in [0.25, 0.3) is 0 Å². The molecule has 0 bridgehead atoms. The molecule has 0 saturated carbocycles. The van der Waals surface area contributed by atoms with Crippen molar-refractivity contribution in [1.29, 1.82) is 0 Å². The SMILES string of the molecule is CCNC(=NCC(C)(O)c1ccco1)NC(C)c1ccc(Cl)c(Cl)c1. The molecule has 0 aliphatic heterocycles. The van der Waals surface area contributed by atoms with Crippen molar-refractivity contribution in [2.45, 2.75) is 32.4 Å². The van der Waals surface area contributed by atoms with Gasteiger partial charge in [0.05, 0.1) is 28.9 Å². The lowest BCUT2D eigenvalue weighted by Crippen LogP contribution is -2.40. The molecule has 1 aromatic carbocycles. The lowest BCUT2D eigenvalue weighted by molar-refractivity contribution is 0.0437. The van der Waals surface area contributed by atoms with E-state index in [2.05, 4.69) is 15.6 Å². The summed E-state index contributed by atoms with van der Waals surface area (Å²) in [6.45, 7) is 6.50. The molecule has 5 nitrogen and oxygen atoms in total. The number of guanidine groups is 1. The van der Waals surface area contributed by atoms with Gasteiger partial charge in [-0.15, -0.1) is 0 Å². The zero-order chi connectivity index (χ0) is 18.4. The Morgan fingerprint density at radius 1 is 1.32 bits per heavy atom. The van der Waals surface area contributed by atoms with Crippen LogP contribution in [0.1, 0.15) is 38.1 Å². The van der Waals surface area contributed by atoms with Crippen molar-refractivity contribution in [3.8, 4) is 0 Å². The molecular formula is C18H23Cl2N3O2. The van der Waals surface area contributed by atoms with Crippen molar-refractivity contribution in [3.05, 3.63) is 58.0 Å². The zero-order valence-electron chi connectivity index (χ0n) is 14.5. The molecule has 7 heteroatoms. The molecule has 0 fully saturated rings. The molecule has 0 spiro atoms. The Kier molecular flexibility index (Phi) is 6.76. The monoisotopic (exact) mass is 383 g/mol. The molecule has 2 aromatic rings. The summed E-state index contributed by atoms with van der Waals surface area (Å²) in [5.41, 5.74) is -0.198. The Balaban J connectivity index is 2.10. The van der Waals surface area contributed by atoms with Crippen LogP contribution in [0.4, 0.5) is 0 Å². The van der Waals surface area contributed by atoms with E-state index in [1.165, 1.54) is 6.26 Å². The number of aliphatic imine (C=N–C) groups is 1. The first-order valence-electron chi connectivity index (χ1n) is 8.09. The first-order valence-corrected chi connectivity index (χ1v) is 8.85. The van der Waals surface area contributed by atoms with Crippen LogP contribution < -0.4 is 10.6 Å². The fraction of sp³-hybridized carbons (Fsp3) is 0.389. The average molecular weight is 384 g/mol. The average Bonchev–Trinajstić information content (AvgIpc) is 3.11. The highest BCUT2D eigenvalue weighted by Crippen LogP contribution is 2.25. The van der Waals surface area contributed by atoms with Crippen molar-refractivity contribution >= 4 is 29.2 Å². The molecule has 0 radical (unpaired) electrons. The summed E-state index contributed by atoms with van der Waals surface area (Å²) in [4.78, 5) is 4.47. The largest absolute Gasteiger partial charge is 0.466 e. The maximum atomic E-state index is 10.5. The van der Waals surface area contributed by atoms with Gasteiger partial charge in [0.2, 0.25) is 0 Å². The highest BCUT2D eigenvalue weighted by atomic mass is 35.5. The number of rotatable bonds is 6. The highest BCUT2D eigenvalue weighted by Gasteiger charge is 2.26. The minimum Gasteiger partial charge on any atom is -0.466 e. The molecule has 0 amide bonds. The molecule has 0 saturated heterocycles. The van der Waals surface area contributed by atoms with Gasteiger partial charge in [0.15, 0.2) is 5.96 Å². The van der Waals surface area contributed by atoms with Gasteiger partial charge in [-0.25, -0.2) is 4.99 Å². The van der Waals surface area contributed by atoms with Crippen LogP contribution in [0, 0.1) is 0 Å². The van der Waals surface area contributed by atoms with E-state index in [4.69, 9.17) is 27.6 Å². The van der Waals surface area contributed by atoms with Crippen molar-refractivity contribution in [2.75, 3.05) is 13.1 Å². The Hall–Kier alpha value is -1.69. The number of hydrogen-bond acceptors (Lipinski definition) is 3. The van der Waals surface area contributed by atoms with Crippen molar-refractivity contribution in [3.63, 3.8) is 0 Å². The van der Waals surface area contributed by atoms with Crippen LogP contribution in [-0.4, -0.2) is 24.2 Å². The molecule has 2 unspecified atom stereocenters. The Morgan fingerprint density at radius 2 is 2.08 bits per heavy atom. The summed E-state index contributed by atoms with van der Waals surface area (Å²) < 4.78 is 5.28. The van der Waals surface area contributed by atoms with E-state index in [0.717, 1.165) is 5.56 Å². The van der Waals surface area contributed by atoms with Gasteiger partial charge < -0.3 is 20.2 Å². The van der Waals surface area contributed by atoms with Crippen LogP contribution >= 0.6 is 23.2 Å². The van der Waals surface area contributed by atoms with E-state index >= 15 is 0 Å². The summed E-state index contributed by atoms with van der Waals surface area (Å²) in [6.07, 6.45) is 1.53. The number of nitrogens with one attached hydrogen (secondary N) is 2. The number of aliphatic hydroxyl groups is 1. The number of benzene rings is 1. The standard InChI is InChI=1S/C18H23Cl2N3O2/c1-4-21-17(22-11-18(3,24)16-6-5-9-25-16)23-12(2)13-7-8-14(19)15(20)10-13/h5-10,12,24H,4,11H2,1-3H3,(H2,21,22,23). The second-order valence-electron chi connectivity index (χ2n) is 5.99. The normalized spacial score (nSPS) is 15.5. The minimum atomic E-state index is -1.18. The predicted molar refractivity (Wildman–Crippen MR) is 102 cm³/mol. The summed E-state index contributed by atoms with van der Waals surface area (Å²) in [6, 6.07) is 8.93. The molecule has 1 aromatic heterocycles. The number of nitrogens with zero attached hydrogens (tertiary/aromatic N) is 1. The fourth-order valence-electron chi connectivity index (χ4n) is 2.29. The van der Waals surface area contributed by atoms with Crippen LogP contribution in [0.5, 0.6) is 0 Å². The van der Waals surface area contributed by atoms with E-state index in [0.29, 0.717) is 28.3 Å². The van der Waals surface area contributed by atoms with Gasteiger partial charge in [-0.05, 0) is 50.6 Å². The Labute approximate surface area is 158 Å². The van der Waals surface area contributed by atoms with Crippen LogP contribution in [0.25, 0.3) is 0 Å². The maximum absolute atomic E-state index is 10.5. The molecule has 2 rings (SSSR count). The first kappa shape index (κ1) is 19.6. The number of halogens is 2. The first-order chi connectivity index (χ1) is 11.8. The summed E-state index contributed by atoms with van der Waals surface area (Å²) in [5, 5.41) is 18.0. The lowest BCUT2D eigenvalue weighted by Gasteiger charge is -2.22. The molecule has 0 aliphatic rings. The van der Waals surface area contributed by atoms with Gasteiger partial charge in [0.1, 0.15) is 11.4 Å². The van der Waals surface area contributed by atoms with Crippen molar-refractivity contribution in [2.24, 2.45) is 4.99 Å². The number of hydrogen-bond donors (Lipinski definition) is 3. The maximum Gasteiger partial charge on any atom is 0.191 e. The topological polar surface area (TPSA) is 69.8 Å². The third-order valence-corrected chi connectivity index (χ3v) is 4.48. The molecule has 2 atom stereocenters. The van der Waals surface area contributed by atoms with E-state index in [-0.39, 0.29) is 12.6 Å². The van der Waals surface area contributed by atoms with Gasteiger partial charge in [0, 0.05) is 6.54 Å². The molecule has 1 heterocycles. The molecule has 0 aliphatic carbocycles. The third-order valence-electron chi connectivity index (χ3n) is 3.74. The van der Waals surface area contributed by atoms with Gasteiger partial charge >= 0.3 is 0 Å². The summed E-state index contributed by atoms with van der Waals surface area (Å²) in [5.74, 6) is 1.07. The van der Waals surface area contributed by atoms with Gasteiger partial charge in [-0.3, -0.25) is 0 Å². The molecule has 25 heavy (non-hydrogen) atoms. The van der Waals surface area contributed by atoms with Gasteiger partial charge in [-0.2, -0.15) is 0 Å². The third kappa shape index (κ3) is 5.39. The predicted octanol–water partition coefficient (Wildman–Crippen LogP) is 4.11. The van der Waals surface area contributed by atoms with Crippen molar-refractivity contribution in [1.82, 2.24) is 10.6 Å². The van der Waals surface area contributed by atoms with E-state index in [1.54, 1.807) is 25.1 Å². The number of furan rings is 1. The Morgan fingerprint density at radius 3 is 2.68 bits per heavy atom. The smallest absolute Gasteiger partial charge is 0.191 e. The quantitative estimate of drug-likeness (QED) is 0.518. The lowest BCUT2D eigenvalue weighted by atomic mass is 10.0. The van der Waals surface area contributed by atoms with E-state index in [9.17, 15) is 5.11 Å². The summed E-state index contributed by atoms with van der Waals surface area (Å²) in [7, 11) is 0. The fourth-order valence-corrected chi connectivity index (χ4v) is 2.59. The molecule has 136 valence electrons. The van der Waals surface area contributed by atoms with Gasteiger partial charge in [-0.1, -0.05) is 29.3 Å². The summed E-state index contributed by atoms with van der Waals surface area (Å²) >= 11 is 12.0. The van der Waals surface area contributed by atoms with E-state index in [1.807, 2.05) is 26.0 Å². The van der Waals surface area contributed by atoms with Crippen LogP contribution in [0.15, 0.2) is 46.0 Å². The zero-order valence-corrected chi connectivity index (χ0v) is 16.0. The molecule has 3 N–H and O–H groups in total. The van der Waals surface area contributed by atoms with Crippen molar-refractivity contribution < 1.29 is 9.52 Å². The second kappa shape index (κ2) is 8.61. The van der Waals surface area contributed by atoms with E-state index < -0.39 is 5.60 Å². The van der Waals surface area contributed by atoms with Crippen LogP contribution in [-0.2, 0) is 5.60 Å². The second-order valence-corrected chi connectivity index (χ2v) is 6.80. The molecular weight excluding hydrogens is 361 g/mol. The minimum absolute atomic E-state index is 0.0406. The van der Waals surface area contributed by atoms with Crippen LogP contribution in [0.2, 0.25) is 10.0 Å². The highest BCUT2D eigenvalue weighted by molar-refractivity contribution is 6.42. The van der Waals surface area contributed by atoms with Crippen LogP contribution in [0.3, 0.4) is 0 Å².